The van der Waals surface area contributed by atoms with Crippen LogP contribution in [0, 0.1) is 5.92 Å². The molecule has 2 rings (SSSR count). The Morgan fingerprint density at radius 3 is 2.48 bits per heavy atom. The summed E-state index contributed by atoms with van der Waals surface area (Å²) in [5.41, 5.74) is 1.47. The average Bonchev–Trinajstić information content (AvgIpc) is 2.55. The summed E-state index contributed by atoms with van der Waals surface area (Å²) in [6.07, 6.45) is 1.58. The van der Waals surface area contributed by atoms with E-state index in [0.29, 0.717) is 30.5 Å². The molecule has 122 valence electrons. The number of ether oxygens (including phenoxy) is 1. The first-order valence-corrected chi connectivity index (χ1v) is 7.82. The summed E-state index contributed by atoms with van der Waals surface area (Å²) in [7, 11) is 0. The van der Waals surface area contributed by atoms with Crippen LogP contribution in [0.1, 0.15) is 31.1 Å². The highest BCUT2D eigenvalue weighted by Gasteiger charge is 2.06. The summed E-state index contributed by atoms with van der Waals surface area (Å²) >= 11 is 0. The number of hydrogen-bond donors (Lipinski definition) is 2. The van der Waals surface area contributed by atoms with Gasteiger partial charge in [0.1, 0.15) is 11.6 Å². The summed E-state index contributed by atoms with van der Waals surface area (Å²) in [4.78, 5) is 16.2. The average molecular weight is 313 g/mol. The van der Waals surface area contributed by atoms with E-state index in [1.54, 1.807) is 18.3 Å². The molecule has 0 aliphatic carbocycles. The second-order valence-electron chi connectivity index (χ2n) is 5.62. The number of anilines is 2. The standard InChI is InChI=1S/C18H23N3O2/c1-4-23-16-8-6-15(7-9-16)21-17-10-5-14(12-19-17)18(22)20-11-13(2)3/h5-10,12-13H,4,11H2,1-3H3,(H,19,21)(H,20,22). The van der Waals surface area contributed by atoms with Gasteiger partial charge in [-0.05, 0) is 49.2 Å². The minimum absolute atomic E-state index is 0.0983. The molecule has 0 aliphatic heterocycles. The molecular weight excluding hydrogens is 290 g/mol. The first kappa shape index (κ1) is 16.8. The van der Waals surface area contributed by atoms with E-state index in [2.05, 4.69) is 29.5 Å². The number of carbonyl (C=O) groups is 1. The van der Waals surface area contributed by atoms with Gasteiger partial charge in [-0.15, -0.1) is 0 Å². The molecule has 5 nitrogen and oxygen atoms in total. The van der Waals surface area contributed by atoms with Gasteiger partial charge in [0.25, 0.3) is 5.91 Å². The Labute approximate surface area is 137 Å². The van der Waals surface area contributed by atoms with Crippen LogP contribution in [0.3, 0.4) is 0 Å². The topological polar surface area (TPSA) is 63.2 Å². The fraction of sp³-hybridized carbons (Fsp3) is 0.333. The van der Waals surface area contributed by atoms with Crippen LogP contribution in [0.2, 0.25) is 0 Å². The molecule has 0 atom stereocenters. The van der Waals surface area contributed by atoms with Gasteiger partial charge in [-0.25, -0.2) is 4.98 Å². The SMILES string of the molecule is CCOc1ccc(Nc2ccc(C(=O)NCC(C)C)cn2)cc1. The fourth-order valence-corrected chi connectivity index (χ4v) is 1.95. The van der Waals surface area contributed by atoms with E-state index in [0.717, 1.165) is 11.4 Å². The molecule has 0 bridgehead atoms. The summed E-state index contributed by atoms with van der Waals surface area (Å²) in [6.45, 7) is 7.37. The molecule has 0 fully saturated rings. The molecule has 5 heteroatoms. The lowest BCUT2D eigenvalue weighted by Crippen LogP contribution is -2.27. The second kappa shape index (κ2) is 8.17. The summed E-state index contributed by atoms with van der Waals surface area (Å²) < 4.78 is 5.40. The number of nitrogens with one attached hydrogen (secondary N) is 2. The maximum atomic E-state index is 11.9. The lowest BCUT2D eigenvalue weighted by molar-refractivity contribution is 0.0948. The van der Waals surface area contributed by atoms with Crippen molar-refractivity contribution in [1.82, 2.24) is 10.3 Å². The van der Waals surface area contributed by atoms with E-state index in [-0.39, 0.29) is 5.91 Å². The molecule has 1 heterocycles. The van der Waals surface area contributed by atoms with Crippen molar-refractivity contribution in [2.24, 2.45) is 5.92 Å². The highest BCUT2D eigenvalue weighted by atomic mass is 16.5. The van der Waals surface area contributed by atoms with Crippen molar-refractivity contribution in [3.8, 4) is 5.75 Å². The van der Waals surface area contributed by atoms with E-state index in [1.165, 1.54) is 0 Å². The lowest BCUT2D eigenvalue weighted by Gasteiger charge is -2.09. The molecule has 1 aromatic carbocycles. The molecule has 1 aromatic heterocycles. The normalized spacial score (nSPS) is 10.4. The van der Waals surface area contributed by atoms with Gasteiger partial charge < -0.3 is 15.4 Å². The van der Waals surface area contributed by atoms with Crippen LogP contribution in [0.5, 0.6) is 5.75 Å². The summed E-state index contributed by atoms with van der Waals surface area (Å²) in [5, 5.41) is 6.06. The fourth-order valence-electron chi connectivity index (χ4n) is 1.95. The third-order valence-electron chi connectivity index (χ3n) is 3.13. The van der Waals surface area contributed by atoms with E-state index >= 15 is 0 Å². The van der Waals surface area contributed by atoms with Crippen molar-refractivity contribution >= 4 is 17.4 Å². The zero-order valence-corrected chi connectivity index (χ0v) is 13.8. The van der Waals surface area contributed by atoms with Crippen molar-refractivity contribution in [1.29, 1.82) is 0 Å². The van der Waals surface area contributed by atoms with Gasteiger partial charge in [0, 0.05) is 18.4 Å². The number of hydrogen-bond acceptors (Lipinski definition) is 4. The predicted molar refractivity (Wildman–Crippen MR) is 92.3 cm³/mol. The van der Waals surface area contributed by atoms with Crippen LogP contribution in [-0.2, 0) is 0 Å². The first-order valence-electron chi connectivity index (χ1n) is 7.82. The summed E-state index contributed by atoms with van der Waals surface area (Å²) in [6, 6.07) is 11.2. The molecule has 0 aliphatic rings. The van der Waals surface area contributed by atoms with Gasteiger partial charge in [-0.3, -0.25) is 4.79 Å². The highest BCUT2D eigenvalue weighted by Crippen LogP contribution is 2.19. The smallest absolute Gasteiger partial charge is 0.252 e. The van der Waals surface area contributed by atoms with Crippen LogP contribution in [0.15, 0.2) is 42.6 Å². The van der Waals surface area contributed by atoms with E-state index in [4.69, 9.17) is 4.74 Å². The molecule has 0 radical (unpaired) electrons. The zero-order valence-electron chi connectivity index (χ0n) is 13.8. The second-order valence-corrected chi connectivity index (χ2v) is 5.62. The van der Waals surface area contributed by atoms with Crippen LogP contribution in [0.4, 0.5) is 11.5 Å². The molecular formula is C18H23N3O2. The Bertz CT molecular complexity index is 622. The molecule has 2 aromatic rings. The number of benzene rings is 1. The number of amides is 1. The monoisotopic (exact) mass is 313 g/mol. The number of carbonyl (C=O) groups excluding carboxylic acids is 1. The van der Waals surface area contributed by atoms with Crippen LogP contribution in [0.25, 0.3) is 0 Å². The van der Waals surface area contributed by atoms with Crippen LogP contribution in [-0.4, -0.2) is 24.0 Å². The van der Waals surface area contributed by atoms with Crippen LogP contribution >= 0.6 is 0 Å². The minimum atomic E-state index is -0.0983. The van der Waals surface area contributed by atoms with Gasteiger partial charge in [-0.2, -0.15) is 0 Å². The molecule has 2 N–H and O–H groups in total. The molecule has 0 unspecified atom stereocenters. The third kappa shape index (κ3) is 5.29. The van der Waals surface area contributed by atoms with Crippen molar-refractivity contribution in [3.63, 3.8) is 0 Å². The number of aromatic nitrogens is 1. The number of pyridine rings is 1. The largest absolute Gasteiger partial charge is 0.494 e. The first-order chi connectivity index (χ1) is 11.1. The Kier molecular flexibility index (Phi) is 5.97. The maximum absolute atomic E-state index is 11.9. The summed E-state index contributed by atoms with van der Waals surface area (Å²) in [5.74, 6) is 1.85. The Morgan fingerprint density at radius 2 is 1.91 bits per heavy atom. The highest BCUT2D eigenvalue weighted by molar-refractivity contribution is 5.94. The third-order valence-corrected chi connectivity index (χ3v) is 3.13. The van der Waals surface area contributed by atoms with Crippen LogP contribution < -0.4 is 15.4 Å². The van der Waals surface area contributed by atoms with Gasteiger partial charge in [0.15, 0.2) is 0 Å². The van der Waals surface area contributed by atoms with Gasteiger partial charge in [0.2, 0.25) is 0 Å². The van der Waals surface area contributed by atoms with E-state index < -0.39 is 0 Å². The van der Waals surface area contributed by atoms with Crippen molar-refractivity contribution in [2.45, 2.75) is 20.8 Å². The number of rotatable bonds is 7. The molecule has 1 amide bonds. The van der Waals surface area contributed by atoms with Gasteiger partial charge >= 0.3 is 0 Å². The number of nitrogens with zero attached hydrogens (tertiary/aromatic N) is 1. The minimum Gasteiger partial charge on any atom is -0.494 e. The van der Waals surface area contributed by atoms with E-state index in [1.807, 2.05) is 31.2 Å². The molecule has 0 saturated carbocycles. The quantitative estimate of drug-likeness (QED) is 0.819. The molecule has 0 saturated heterocycles. The van der Waals surface area contributed by atoms with Crippen molar-refractivity contribution in [2.75, 3.05) is 18.5 Å². The zero-order chi connectivity index (χ0) is 16.7. The van der Waals surface area contributed by atoms with Crippen molar-refractivity contribution < 1.29 is 9.53 Å². The molecule has 0 spiro atoms. The van der Waals surface area contributed by atoms with Crippen molar-refractivity contribution in [3.05, 3.63) is 48.2 Å². The van der Waals surface area contributed by atoms with Gasteiger partial charge in [0.05, 0.1) is 12.2 Å². The Balaban J connectivity index is 1.95. The molecule has 23 heavy (non-hydrogen) atoms. The Morgan fingerprint density at radius 1 is 1.17 bits per heavy atom. The predicted octanol–water partition coefficient (Wildman–Crippen LogP) is 3.61. The van der Waals surface area contributed by atoms with Gasteiger partial charge in [-0.1, -0.05) is 13.8 Å². The lowest BCUT2D eigenvalue weighted by atomic mass is 10.2. The maximum Gasteiger partial charge on any atom is 0.252 e. The van der Waals surface area contributed by atoms with E-state index in [9.17, 15) is 4.79 Å². The Hall–Kier alpha value is -2.56.